The van der Waals surface area contributed by atoms with Gasteiger partial charge in [-0.15, -0.1) is 0 Å². The molecule has 2 aromatic heterocycles. The van der Waals surface area contributed by atoms with Gasteiger partial charge in [-0.25, -0.2) is 0 Å². The molecule has 0 aliphatic heterocycles. The van der Waals surface area contributed by atoms with Gasteiger partial charge in [-0.1, -0.05) is 12.1 Å². The molecule has 9 nitrogen and oxygen atoms in total. The zero-order valence-electron chi connectivity index (χ0n) is 18.8. The van der Waals surface area contributed by atoms with E-state index in [1.54, 1.807) is 43.5 Å². The van der Waals surface area contributed by atoms with Crippen LogP contribution in [-0.2, 0) is 11.3 Å². The average molecular weight is 452 g/mol. The molecule has 2 aromatic carbocycles. The van der Waals surface area contributed by atoms with Crippen LogP contribution in [0.1, 0.15) is 6.42 Å². The summed E-state index contributed by atoms with van der Waals surface area (Å²) in [5.41, 5.74) is -0.0392. The average Bonchev–Trinajstić information content (AvgIpc) is 2.84. The van der Waals surface area contributed by atoms with Gasteiger partial charge >= 0.3 is 0 Å². The molecule has 2 heterocycles. The lowest BCUT2D eigenvalue weighted by Crippen LogP contribution is -2.28. The normalized spacial score (nSPS) is 11.2. The first-order chi connectivity index (χ1) is 16.0. The Labute approximate surface area is 189 Å². The number of rotatable bonds is 8. The van der Waals surface area contributed by atoms with Crippen LogP contribution >= 0.6 is 0 Å². The van der Waals surface area contributed by atoms with Crippen molar-refractivity contribution in [3.8, 4) is 28.6 Å². The lowest BCUT2D eigenvalue weighted by atomic mass is 10.1. The van der Waals surface area contributed by atoms with Gasteiger partial charge in [0.25, 0.3) is 5.56 Å². The van der Waals surface area contributed by atoms with Crippen LogP contribution in [0.15, 0.2) is 50.4 Å². The van der Waals surface area contributed by atoms with Crippen molar-refractivity contribution in [1.29, 1.82) is 0 Å². The van der Waals surface area contributed by atoms with Crippen LogP contribution in [0, 0.1) is 0 Å². The molecule has 172 valence electrons. The Morgan fingerprint density at radius 2 is 1.67 bits per heavy atom. The van der Waals surface area contributed by atoms with Gasteiger partial charge in [0.05, 0.1) is 26.7 Å². The number of hydrogen-bond donors (Lipinski definition) is 0. The Hall–Kier alpha value is -3.85. The van der Waals surface area contributed by atoms with E-state index >= 15 is 0 Å². The van der Waals surface area contributed by atoms with Crippen LogP contribution < -0.4 is 25.2 Å². The summed E-state index contributed by atoms with van der Waals surface area (Å²) in [6.07, 6.45) is 0.542. The molecule has 4 aromatic rings. The molecule has 0 amide bonds. The van der Waals surface area contributed by atoms with Crippen LogP contribution in [-0.4, -0.2) is 44.6 Å². The van der Waals surface area contributed by atoms with Gasteiger partial charge in [-0.05, 0) is 30.7 Å². The Balaban J connectivity index is 2.06. The molecular weight excluding hydrogens is 428 g/mol. The van der Waals surface area contributed by atoms with Gasteiger partial charge in [0.1, 0.15) is 11.4 Å². The number of methoxy groups -OCH3 is 4. The molecule has 0 radical (unpaired) electrons. The van der Waals surface area contributed by atoms with Gasteiger partial charge in [-0.2, -0.15) is 4.98 Å². The Bertz CT molecular complexity index is 1410. The quantitative estimate of drug-likeness (QED) is 0.297. The lowest BCUT2D eigenvalue weighted by molar-refractivity contribution is 0.190. The SMILES string of the molecule is COCCCn1c(-c2cc(OC)c(OC)c(OC)c2)nc2oc3ccccc3c(=O)c2c1=O. The molecule has 0 atom stereocenters. The van der Waals surface area contributed by atoms with Crippen LogP contribution in [0.4, 0.5) is 0 Å². The molecule has 0 unspecified atom stereocenters. The number of nitrogens with zero attached hydrogens (tertiary/aromatic N) is 2. The van der Waals surface area contributed by atoms with Gasteiger partial charge in [0, 0.05) is 25.8 Å². The maximum Gasteiger partial charge on any atom is 0.269 e. The first-order valence-electron chi connectivity index (χ1n) is 10.3. The van der Waals surface area contributed by atoms with E-state index < -0.39 is 11.0 Å². The summed E-state index contributed by atoms with van der Waals surface area (Å²) in [7, 11) is 6.11. The Morgan fingerprint density at radius 1 is 0.970 bits per heavy atom. The molecule has 0 saturated carbocycles. The summed E-state index contributed by atoms with van der Waals surface area (Å²) in [5, 5.41) is 0.232. The maximum atomic E-state index is 13.5. The van der Waals surface area contributed by atoms with E-state index in [1.165, 1.54) is 25.9 Å². The van der Waals surface area contributed by atoms with E-state index in [2.05, 4.69) is 4.98 Å². The summed E-state index contributed by atoms with van der Waals surface area (Å²) >= 11 is 0. The molecule has 0 N–H and O–H groups in total. The van der Waals surface area contributed by atoms with Crippen molar-refractivity contribution in [3.63, 3.8) is 0 Å². The first kappa shape index (κ1) is 22.3. The molecule has 0 aliphatic rings. The summed E-state index contributed by atoms with van der Waals surface area (Å²) < 4.78 is 28.8. The largest absolute Gasteiger partial charge is 0.493 e. The third-order valence-electron chi connectivity index (χ3n) is 5.35. The number of benzene rings is 2. The summed E-state index contributed by atoms with van der Waals surface area (Å²) in [6, 6.07) is 10.2. The lowest BCUT2D eigenvalue weighted by Gasteiger charge is -2.17. The standard InChI is InChI=1S/C24H24N2O7/c1-29-11-7-10-26-22(14-12-17(30-2)21(32-4)18(13-14)31-3)25-23-19(24(26)28)20(27)15-8-5-6-9-16(15)33-23/h5-6,8-9,12-13H,7,10-11H2,1-4H3. The van der Waals surface area contributed by atoms with Gasteiger partial charge in [-0.3, -0.25) is 14.2 Å². The minimum Gasteiger partial charge on any atom is -0.493 e. The van der Waals surface area contributed by atoms with E-state index in [-0.39, 0.29) is 17.6 Å². The second-order valence-electron chi connectivity index (χ2n) is 7.26. The molecule has 0 bridgehead atoms. The molecular formula is C24H24N2O7. The number of hydrogen-bond acceptors (Lipinski definition) is 8. The molecule has 0 saturated heterocycles. The molecule has 0 fully saturated rings. The topological polar surface area (TPSA) is 102 Å². The van der Waals surface area contributed by atoms with Crippen molar-refractivity contribution in [2.75, 3.05) is 35.0 Å². The zero-order valence-corrected chi connectivity index (χ0v) is 18.8. The predicted octanol–water partition coefficient (Wildman–Crippen LogP) is 3.23. The van der Waals surface area contributed by atoms with Crippen LogP contribution in [0.25, 0.3) is 33.5 Å². The fraction of sp³-hybridized carbons (Fsp3) is 0.292. The molecule has 0 aliphatic carbocycles. The van der Waals surface area contributed by atoms with Crippen molar-refractivity contribution in [1.82, 2.24) is 9.55 Å². The highest BCUT2D eigenvalue weighted by atomic mass is 16.5. The molecule has 4 rings (SSSR count). The zero-order chi connectivity index (χ0) is 23.5. The molecule has 0 spiro atoms. The van der Waals surface area contributed by atoms with Crippen molar-refractivity contribution in [3.05, 3.63) is 57.0 Å². The number of aromatic nitrogens is 2. The number of ether oxygens (including phenoxy) is 4. The van der Waals surface area contributed by atoms with Crippen molar-refractivity contribution < 1.29 is 23.4 Å². The minimum absolute atomic E-state index is 0.0320. The van der Waals surface area contributed by atoms with Crippen LogP contribution in [0.5, 0.6) is 17.2 Å². The van der Waals surface area contributed by atoms with E-state index in [1.807, 2.05) is 0 Å². The molecule has 33 heavy (non-hydrogen) atoms. The van der Waals surface area contributed by atoms with E-state index in [0.717, 1.165) is 0 Å². The maximum absolute atomic E-state index is 13.5. The van der Waals surface area contributed by atoms with E-state index in [9.17, 15) is 9.59 Å². The minimum atomic E-state index is -0.487. The second kappa shape index (κ2) is 9.33. The predicted molar refractivity (Wildman–Crippen MR) is 124 cm³/mol. The van der Waals surface area contributed by atoms with Crippen LogP contribution in [0.2, 0.25) is 0 Å². The highest BCUT2D eigenvalue weighted by Gasteiger charge is 2.21. The summed E-state index contributed by atoms with van der Waals surface area (Å²) in [5.74, 6) is 1.53. The second-order valence-corrected chi connectivity index (χ2v) is 7.26. The smallest absolute Gasteiger partial charge is 0.269 e. The highest BCUT2D eigenvalue weighted by molar-refractivity contribution is 5.88. The fourth-order valence-corrected chi connectivity index (χ4v) is 3.79. The Morgan fingerprint density at radius 3 is 2.30 bits per heavy atom. The third kappa shape index (κ3) is 3.91. The number of para-hydroxylation sites is 1. The van der Waals surface area contributed by atoms with Crippen molar-refractivity contribution in [2.45, 2.75) is 13.0 Å². The number of fused-ring (bicyclic) bond motifs is 2. The van der Waals surface area contributed by atoms with Crippen LogP contribution in [0.3, 0.4) is 0 Å². The molecule has 9 heteroatoms. The van der Waals surface area contributed by atoms with Crippen molar-refractivity contribution in [2.24, 2.45) is 0 Å². The summed E-state index contributed by atoms with van der Waals surface area (Å²) in [6.45, 7) is 0.722. The monoisotopic (exact) mass is 452 g/mol. The third-order valence-corrected chi connectivity index (χ3v) is 5.35. The fourth-order valence-electron chi connectivity index (χ4n) is 3.79. The van der Waals surface area contributed by atoms with Gasteiger partial charge in [0.2, 0.25) is 16.9 Å². The summed E-state index contributed by atoms with van der Waals surface area (Å²) in [4.78, 5) is 31.3. The highest BCUT2D eigenvalue weighted by Crippen LogP contribution is 2.40. The van der Waals surface area contributed by atoms with Gasteiger partial charge < -0.3 is 23.4 Å². The van der Waals surface area contributed by atoms with E-state index in [4.69, 9.17) is 23.4 Å². The van der Waals surface area contributed by atoms with Gasteiger partial charge in [0.15, 0.2) is 16.9 Å². The van der Waals surface area contributed by atoms with E-state index in [0.29, 0.717) is 52.6 Å². The van der Waals surface area contributed by atoms with Crippen molar-refractivity contribution >= 4 is 22.1 Å². The first-order valence-corrected chi connectivity index (χ1v) is 10.3. The Kier molecular flexibility index (Phi) is 6.32.